The molecule has 0 spiro atoms. The average molecular weight is 309 g/mol. The zero-order chi connectivity index (χ0) is 13.3. The van der Waals surface area contributed by atoms with Gasteiger partial charge in [-0.1, -0.05) is 26.0 Å². The maximum absolute atomic E-state index is 11.6. The van der Waals surface area contributed by atoms with Gasteiger partial charge in [-0.3, -0.25) is 10.0 Å². The van der Waals surface area contributed by atoms with Crippen LogP contribution in [0.2, 0.25) is 0 Å². The van der Waals surface area contributed by atoms with Crippen LogP contribution < -0.4 is 5.48 Å². The van der Waals surface area contributed by atoms with Crippen LogP contribution in [-0.2, 0) is 0 Å². The summed E-state index contributed by atoms with van der Waals surface area (Å²) in [6, 6.07) is 5.91. The van der Waals surface area contributed by atoms with Gasteiger partial charge >= 0.3 is 0 Å². The molecule has 0 aliphatic rings. The molecule has 1 aromatic carbocycles. The van der Waals surface area contributed by atoms with E-state index in [-0.39, 0.29) is 5.69 Å². The summed E-state index contributed by atoms with van der Waals surface area (Å²) in [6.45, 7) is 4.16. The Kier molecular flexibility index (Phi) is 3.63. The summed E-state index contributed by atoms with van der Waals surface area (Å²) in [5.41, 5.74) is 2.97. The van der Waals surface area contributed by atoms with Gasteiger partial charge in [0, 0.05) is 16.1 Å². The Bertz CT molecular complexity index is 611. The van der Waals surface area contributed by atoms with E-state index in [9.17, 15) is 4.79 Å². The number of hydrogen-bond donors (Lipinski definition) is 2. The van der Waals surface area contributed by atoms with Crippen LogP contribution in [0, 0.1) is 0 Å². The lowest BCUT2D eigenvalue weighted by molar-refractivity contribution is 0.0703. The van der Waals surface area contributed by atoms with E-state index >= 15 is 0 Å². The molecule has 1 aromatic heterocycles. The van der Waals surface area contributed by atoms with E-state index < -0.39 is 5.91 Å². The van der Waals surface area contributed by atoms with Gasteiger partial charge in [-0.05, 0) is 38.9 Å². The van der Waals surface area contributed by atoms with E-state index in [1.807, 2.05) is 18.2 Å². The number of carbonyl (C=O) groups excluding carboxylic acids is 1. The van der Waals surface area contributed by atoms with Crippen molar-refractivity contribution in [2.75, 3.05) is 0 Å². The van der Waals surface area contributed by atoms with E-state index in [0.29, 0.717) is 5.92 Å². The summed E-state index contributed by atoms with van der Waals surface area (Å²) in [6.07, 6.45) is 1.56. The Morgan fingerprint density at radius 1 is 1.39 bits per heavy atom. The second kappa shape index (κ2) is 5.04. The number of nitrogens with one attached hydrogen (secondary N) is 1. The van der Waals surface area contributed by atoms with Gasteiger partial charge in [-0.15, -0.1) is 0 Å². The first-order chi connectivity index (χ1) is 8.54. The molecule has 1 amide bonds. The molecular formula is C13H13BrN2O2. The van der Waals surface area contributed by atoms with Crippen molar-refractivity contribution in [2.45, 2.75) is 19.8 Å². The molecule has 0 fully saturated rings. The fourth-order valence-electron chi connectivity index (χ4n) is 1.82. The minimum atomic E-state index is -0.603. The Labute approximate surface area is 113 Å². The highest BCUT2D eigenvalue weighted by atomic mass is 79.9. The Morgan fingerprint density at radius 2 is 2.11 bits per heavy atom. The number of aromatic nitrogens is 1. The number of nitrogens with zero attached hydrogens (tertiary/aromatic N) is 1. The molecular weight excluding hydrogens is 296 g/mol. The number of benzene rings is 1. The van der Waals surface area contributed by atoms with Crippen LogP contribution in [0.3, 0.4) is 0 Å². The quantitative estimate of drug-likeness (QED) is 0.661. The zero-order valence-electron chi connectivity index (χ0n) is 10.1. The number of rotatable bonds is 2. The fraction of sp³-hybridized carbons (Fsp3) is 0.231. The summed E-state index contributed by atoms with van der Waals surface area (Å²) in [7, 11) is 0. The molecule has 18 heavy (non-hydrogen) atoms. The van der Waals surface area contributed by atoms with Gasteiger partial charge in [0.15, 0.2) is 0 Å². The van der Waals surface area contributed by atoms with Crippen LogP contribution in [0.4, 0.5) is 0 Å². The molecule has 0 unspecified atom stereocenters. The van der Waals surface area contributed by atoms with Gasteiger partial charge in [-0.25, -0.2) is 10.5 Å². The normalized spacial score (nSPS) is 10.9. The molecule has 0 saturated carbocycles. The Morgan fingerprint density at radius 3 is 2.72 bits per heavy atom. The van der Waals surface area contributed by atoms with Crippen molar-refractivity contribution in [3.05, 3.63) is 40.1 Å². The van der Waals surface area contributed by atoms with Crippen LogP contribution in [0.25, 0.3) is 10.8 Å². The van der Waals surface area contributed by atoms with Gasteiger partial charge < -0.3 is 0 Å². The maximum Gasteiger partial charge on any atom is 0.293 e. The molecule has 2 N–H and O–H groups in total. The van der Waals surface area contributed by atoms with Gasteiger partial charge in [0.05, 0.1) is 0 Å². The number of carbonyl (C=O) groups is 1. The van der Waals surface area contributed by atoms with Crippen LogP contribution in [0.15, 0.2) is 28.9 Å². The van der Waals surface area contributed by atoms with Crippen LogP contribution >= 0.6 is 15.9 Å². The summed E-state index contributed by atoms with van der Waals surface area (Å²) >= 11 is 3.41. The second-order valence-electron chi connectivity index (χ2n) is 4.36. The number of hydrogen-bond acceptors (Lipinski definition) is 3. The minimum absolute atomic E-state index is 0.221. The molecule has 4 nitrogen and oxygen atoms in total. The van der Waals surface area contributed by atoms with E-state index in [1.165, 1.54) is 0 Å². The SMILES string of the molecule is CC(C)c1ccc2c(Br)cnc(C(=O)NO)c2c1. The van der Waals surface area contributed by atoms with Crippen LogP contribution in [-0.4, -0.2) is 16.1 Å². The summed E-state index contributed by atoms with van der Waals surface area (Å²) in [4.78, 5) is 15.6. The molecule has 0 radical (unpaired) electrons. The van der Waals surface area contributed by atoms with Gasteiger partial charge in [0.25, 0.3) is 5.91 Å². The number of halogens is 1. The lowest BCUT2D eigenvalue weighted by Gasteiger charge is -2.10. The topological polar surface area (TPSA) is 62.2 Å². The zero-order valence-corrected chi connectivity index (χ0v) is 11.7. The molecule has 2 rings (SSSR count). The van der Waals surface area contributed by atoms with Crippen molar-refractivity contribution >= 4 is 32.6 Å². The standard InChI is InChI=1S/C13H13BrN2O2/c1-7(2)8-3-4-9-10(5-8)12(13(17)16-18)15-6-11(9)14/h3-7,18H,1-2H3,(H,16,17). The van der Waals surface area contributed by atoms with Crippen LogP contribution in [0.1, 0.15) is 35.8 Å². The summed E-state index contributed by atoms with van der Waals surface area (Å²) in [5.74, 6) is -0.244. The maximum atomic E-state index is 11.6. The molecule has 0 saturated heterocycles. The lowest BCUT2D eigenvalue weighted by atomic mass is 9.99. The van der Waals surface area contributed by atoms with Crippen molar-refractivity contribution in [1.29, 1.82) is 0 Å². The molecule has 1 heterocycles. The highest BCUT2D eigenvalue weighted by Crippen LogP contribution is 2.28. The molecule has 2 aromatic rings. The molecule has 5 heteroatoms. The monoisotopic (exact) mass is 308 g/mol. The molecule has 0 bridgehead atoms. The van der Waals surface area contributed by atoms with E-state index in [0.717, 1.165) is 20.8 Å². The van der Waals surface area contributed by atoms with Crippen molar-refractivity contribution < 1.29 is 10.0 Å². The molecule has 0 aliphatic carbocycles. The van der Waals surface area contributed by atoms with Crippen molar-refractivity contribution in [1.82, 2.24) is 10.5 Å². The number of pyridine rings is 1. The molecule has 94 valence electrons. The van der Waals surface area contributed by atoms with E-state index in [1.54, 1.807) is 11.7 Å². The van der Waals surface area contributed by atoms with Crippen molar-refractivity contribution in [3.8, 4) is 0 Å². The smallest absolute Gasteiger partial charge is 0.288 e. The third-order valence-electron chi connectivity index (χ3n) is 2.85. The van der Waals surface area contributed by atoms with Crippen LogP contribution in [0.5, 0.6) is 0 Å². The predicted molar refractivity (Wildman–Crippen MR) is 72.8 cm³/mol. The molecule has 0 atom stereocenters. The van der Waals surface area contributed by atoms with Gasteiger partial charge in [-0.2, -0.15) is 0 Å². The predicted octanol–water partition coefficient (Wildman–Crippen LogP) is 3.24. The first-order valence-electron chi connectivity index (χ1n) is 5.57. The first-order valence-corrected chi connectivity index (χ1v) is 6.36. The van der Waals surface area contributed by atoms with Gasteiger partial charge in [0.2, 0.25) is 0 Å². The van der Waals surface area contributed by atoms with Crippen molar-refractivity contribution in [3.63, 3.8) is 0 Å². The highest BCUT2D eigenvalue weighted by molar-refractivity contribution is 9.10. The van der Waals surface area contributed by atoms with E-state index in [2.05, 4.69) is 34.8 Å². The van der Waals surface area contributed by atoms with Gasteiger partial charge in [0.1, 0.15) is 5.69 Å². The second-order valence-corrected chi connectivity index (χ2v) is 5.21. The Hall–Kier alpha value is -1.46. The largest absolute Gasteiger partial charge is 0.293 e. The highest BCUT2D eigenvalue weighted by Gasteiger charge is 2.14. The third kappa shape index (κ3) is 2.23. The average Bonchev–Trinajstić information content (AvgIpc) is 2.38. The summed E-state index contributed by atoms with van der Waals surface area (Å²) in [5, 5.41) is 10.4. The van der Waals surface area contributed by atoms with Crippen molar-refractivity contribution in [2.24, 2.45) is 0 Å². The number of amides is 1. The summed E-state index contributed by atoms with van der Waals surface area (Å²) < 4.78 is 0.822. The molecule has 0 aliphatic heterocycles. The number of hydroxylamine groups is 1. The number of fused-ring (bicyclic) bond motifs is 1. The third-order valence-corrected chi connectivity index (χ3v) is 3.48. The first kappa shape index (κ1) is 13.0. The lowest BCUT2D eigenvalue weighted by Crippen LogP contribution is -2.20. The minimum Gasteiger partial charge on any atom is -0.288 e. The Balaban J connectivity index is 2.75. The fourth-order valence-corrected chi connectivity index (χ4v) is 2.27. The van der Waals surface area contributed by atoms with E-state index in [4.69, 9.17) is 5.21 Å².